The fourth-order valence-electron chi connectivity index (χ4n) is 1.85. The van der Waals surface area contributed by atoms with Crippen LogP contribution in [-0.4, -0.2) is 18.4 Å². The molecule has 0 atom stereocenters. The van der Waals surface area contributed by atoms with Gasteiger partial charge in [-0.2, -0.15) is 0 Å². The minimum atomic E-state index is -0.448. The van der Waals surface area contributed by atoms with E-state index in [1.54, 1.807) is 31.2 Å². The summed E-state index contributed by atoms with van der Waals surface area (Å²) in [4.78, 5) is 23.5. The Morgan fingerprint density at radius 2 is 1.96 bits per heavy atom. The second kappa shape index (κ2) is 8.38. The van der Waals surface area contributed by atoms with Gasteiger partial charge < -0.3 is 9.15 Å². The second-order valence-electron chi connectivity index (χ2n) is 4.84. The summed E-state index contributed by atoms with van der Waals surface area (Å²) in [5.74, 6) is 0.318. The fraction of sp³-hybridized carbons (Fsp3) is 0.111. The van der Waals surface area contributed by atoms with Crippen molar-refractivity contribution in [3.8, 4) is 5.75 Å². The van der Waals surface area contributed by atoms with Crippen molar-refractivity contribution in [1.82, 2.24) is 10.9 Å². The predicted octanol–water partition coefficient (Wildman–Crippen LogP) is 2.63. The van der Waals surface area contributed by atoms with Crippen LogP contribution in [0.25, 0.3) is 6.08 Å². The zero-order valence-electron chi connectivity index (χ0n) is 13.2. The Hall–Kier alpha value is -3.28. The van der Waals surface area contributed by atoms with E-state index in [2.05, 4.69) is 17.4 Å². The first-order valence-corrected chi connectivity index (χ1v) is 7.26. The zero-order chi connectivity index (χ0) is 17.4. The van der Waals surface area contributed by atoms with Gasteiger partial charge in [-0.25, -0.2) is 0 Å². The third-order valence-corrected chi connectivity index (χ3v) is 3.08. The predicted molar refractivity (Wildman–Crippen MR) is 90.2 cm³/mol. The molecule has 6 nitrogen and oxygen atoms in total. The molecule has 0 aliphatic rings. The molecule has 6 heteroatoms. The van der Waals surface area contributed by atoms with E-state index >= 15 is 0 Å². The van der Waals surface area contributed by atoms with E-state index in [1.807, 2.05) is 12.1 Å². The van der Waals surface area contributed by atoms with Crippen molar-refractivity contribution < 1.29 is 18.7 Å². The van der Waals surface area contributed by atoms with Crippen molar-refractivity contribution >= 4 is 17.9 Å². The maximum atomic E-state index is 11.8. The quantitative estimate of drug-likeness (QED) is 0.486. The summed E-state index contributed by atoms with van der Waals surface area (Å²) in [6.45, 7) is 5.68. The molecule has 1 heterocycles. The third kappa shape index (κ3) is 4.88. The average Bonchev–Trinajstić information content (AvgIpc) is 3.03. The Morgan fingerprint density at radius 3 is 2.58 bits per heavy atom. The van der Waals surface area contributed by atoms with Gasteiger partial charge in [-0.15, -0.1) is 0 Å². The highest BCUT2D eigenvalue weighted by Crippen LogP contribution is 2.13. The fourth-order valence-corrected chi connectivity index (χ4v) is 1.85. The summed E-state index contributed by atoms with van der Waals surface area (Å²) in [6, 6.07) is 8.75. The lowest BCUT2D eigenvalue weighted by Gasteiger charge is -2.04. The number of hydrazine groups is 1. The van der Waals surface area contributed by atoms with Gasteiger partial charge in [-0.3, -0.25) is 20.4 Å². The molecule has 2 aromatic rings. The maximum Gasteiger partial charge on any atom is 0.273 e. The van der Waals surface area contributed by atoms with Gasteiger partial charge in [0.15, 0.2) is 0 Å². The van der Waals surface area contributed by atoms with Crippen molar-refractivity contribution in [3.05, 3.63) is 72.2 Å². The molecule has 0 aliphatic heterocycles. The Morgan fingerprint density at radius 1 is 1.21 bits per heavy atom. The summed E-state index contributed by atoms with van der Waals surface area (Å²) in [5.41, 5.74) is 5.82. The number of carbonyl (C=O) groups is 2. The van der Waals surface area contributed by atoms with Crippen LogP contribution >= 0.6 is 0 Å². The first-order valence-electron chi connectivity index (χ1n) is 7.26. The van der Waals surface area contributed by atoms with Crippen LogP contribution in [0.2, 0.25) is 0 Å². The number of hydrogen-bond acceptors (Lipinski definition) is 4. The molecule has 0 spiro atoms. The molecule has 2 N–H and O–H groups in total. The number of rotatable bonds is 6. The van der Waals surface area contributed by atoms with Crippen LogP contribution in [0.1, 0.15) is 21.7 Å². The molecule has 0 saturated carbocycles. The molecule has 2 amide bonds. The van der Waals surface area contributed by atoms with Crippen LogP contribution in [0, 0.1) is 6.92 Å². The molecule has 24 heavy (non-hydrogen) atoms. The number of amides is 2. The smallest absolute Gasteiger partial charge is 0.273 e. The highest BCUT2D eigenvalue weighted by molar-refractivity contribution is 5.98. The van der Waals surface area contributed by atoms with Gasteiger partial charge in [0.1, 0.15) is 18.1 Å². The second-order valence-corrected chi connectivity index (χ2v) is 4.84. The van der Waals surface area contributed by atoms with Gasteiger partial charge in [-0.1, -0.05) is 24.8 Å². The lowest BCUT2D eigenvalue weighted by molar-refractivity contribution is -0.117. The van der Waals surface area contributed by atoms with E-state index in [0.717, 1.165) is 11.3 Å². The first kappa shape index (κ1) is 17.1. The van der Waals surface area contributed by atoms with Crippen LogP contribution in [0.4, 0.5) is 0 Å². The highest BCUT2D eigenvalue weighted by atomic mass is 16.5. The van der Waals surface area contributed by atoms with Crippen molar-refractivity contribution in [2.75, 3.05) is 6.61 Å². The monoisotopic (exact) mass is 326 g/mol. The minimum Gasteiger partial charge on any atom is -0.490 e. The van der Waals surface area contributed by atoms with Gasteiger partial charge in [0.05, 0.1) is 11.8 Å². The first-order chi connectivity index (χ1) is 11.6. The van der Waals surface area contributed by atoms with Crippen molar-refractivity contribution in [2.45, 2.75) is 6.92 Å². The van der Waals surface area contributed by atoms with E-state index < -0.39 is 11.8 Å². The Kier molecular flexibility index (Phi) is 5.96. The number of aryl methyl sites for hydroxylation is 1. The Bertz CT molecular complexity index is 745. The maximum absolute atomic E-state index is 11.8. The van der Waals surface area contributed by atoms with Crippen LogP contribution in [0.5, 0.6) is 5.75 Å². The summed E-state index contributed by atoms with van der Waals surface area (Å²) in [7, 11) is 0. The summed E-state index contributed by atoms with van der Waals surface area (Å²) < 4.78 is 10.4. The molecule has 1 aromatic heterocycles. The number of ether oxygens (including phenoxy) is 1. The molecule has 0 saturated heterocycles. The van der Waals surface area contributed by atoms with Gasteiger partial charge >= 0.3 is 0 Å². The Labute approximate surface area is 139 Å². The lowest BCUT2D eigenvalue weighted by Crippen LogP contribution is -2.40. The van der Waals surface area contributed by atoms with Crippen LogP contribution in [0.15, 0.2) is 59.7 Å². The van der Waals surface area contributed by atoms with Gasteiger partial charge in [0.25, 0.3) is 11.8 Å². The van der Waals surface area contributed by atoms with E-state index in [4.69, 9.17) is 9.15 Å². The van der Waals surface area contributed by atoms with Crippen molar-refractivity contribution in [3.63, 3.8) is 0 Å². The molecule has 0 bridgehead atoms. The van der Waals surface area contributed by atoms with Gasteiger partial charge in [0.2, 0.25) is 0 Å². The van der Waals surface area contributed by atoms with E-state index in [1.165, 1.54) is 18.4 Å². The highest BCUT2D eigenvalue weighted by Gasteiger charge is 2.11. The number of benzene rings is 1. The SMILES string of the molecule is C=CCOc1ccc(/C=C/C(=O)NNC(=O)c2ccoc2C)cc1. The normalized spacial score (nSPS) is 10.4. The van der Waals surface area contributed by atoms with E-state index in [-0.39, 0.29) is 0 Å². The molecule has 0 unspecified atom stereocenters. The topological polar surface area (TPSA) is 80.6 Å². The summed E-state index contributed by atoms with van der Waals surface area (Å²) in [5, 5.41) is 0. The van der Waals surface area contributed by atoms with Crippen molar-refractivity contribution in [2.24, 2.45) is 0 Å². The van der Waals surface area contributed by atoms with Crippen LogP contribution in [-0.2, 0) is 4.79 Å². The number of carbonyl (C=O) groups excluding carboxylic acids is 2. The molecule has 2 rings (SSSR count). The molecular weight excluding hydrogens is 308 g/mol. The number of nitrogens with one attached hydrogen (secondary N) is 2. The van der Waals surface area contributed by atoms with Crippen molar-refractivity contribution in [1.29, 1.82) is 0 Å². The summed E-state index contributed by atoms with van der Waals surface area (Å²) >= 11 is 0. The zero-order valence-corrected chi connectivity index (χ0v) is 13.2. The molecular formula is C18H18N2O4. The van der Waals surface area contributed by atoms with Crippen LogP contribution < -0.4 is 15.6 Å². The number of hydrogen-bond donors (Lipinski definition) is 2. The Balaban J connectivity index is 1.83. The molecule has 124 valence electrons. The lowest BCUT2D eigenvalue weighted by atomic mass is 10.2. The number of furan rings is 1. The molecule has 0 radical (unpaired) electrons. The molecule has 0 fully saturated rings. The molecule has 0 aliphatic carbocycles. The van der Waals surface area contributed by atoms with Gasteiger partial charge in [0, 0.05) is 6.08 Å². The van der Waals surface area contributed by atoms with Crippen LogP contribution in [0.3, 0.4) is 0 Å². The average molecular weight is 326 g/mol. The largest absolute Gasteiger partial charge is 0.490 e. The minimum absolute atomic E-state index is 0.370. The third-order valence-electron chi connectivity index (χ3n) is 3.08. The van der Waals surface area contributed by atoms with E-state index in [9.17, 15) is 9.59 Å². The van der Waals surface area contributed by atoms with E-state index in [0.29, 0.717) is 17.9 Å². The molecule has 1 aromatic carbocycles. The standard InChI is InChI=1S/C18H18N2O4/c1-3-11-24-15-7-4-14(5-8-15)6-9-17(21)19-20-18(22)16-10-12-23-13(16)2/h3-10,12H,1,11H2,2H3,(H,19,21)(H,20,22)/b9-6+. The summed E-state index contributed by atoms with van der Waals surface area (Å²) in [6.07, 6.45) is 6.02. The van der Waals surface area contributed by atoms with Gasteiger partial charge in [-0.05, 0) is 36.8 Å².